The van der Waals surface area contributed by atoms with E-state index >= 15 is 0 Å². The second-order valence-corrected chi connectivity index (χ2v) is 7.93. The summed E-state index contributed by atoms with van der Waals surface area (Å²) in [6.45, 7) is 7.63. The molecule has 1 saturated carbocycles. The Morgan fingerprint density at radius 3 is 2.79 bits per heavy atom. The van der Waals surface area contributed by atoms with Crippen LogP contribution in [-0.2, 0) is 11.2 Å². The molecular weight excluding hydrogens is 352 g/mol. The van der Waals surface area contributed by atoms with Crippen molar-refractivity contribution in [1.29, 1.82) is 0 Å². The average Bonchev–Trinajstić information content (AvgIpc) is 3.42. The van der Waals surface area contributed by atoms with Crippen molar-refractivity contribution in [3.05, 3.63) is 24.2 Å². The lowest BCUT2D eigenvalue weighted by Gasteiger charge is -2.36. The summed E-state index contributed by atoms with van der Waals surface area (Å²) in [6.07, 6.45) is 11.6. The first-order valence-electron chi connectivity index (χ1n) is 11.2. The van der Waals surface area contributed by atoms with Crippen molar-refractivity contribution in [2.75, 3.05) is 39.4 Å². The SMILES string of the molecule is CCOCCCN=C(NCCc1ccco1)NC1CCN(C2CCCC2)CC1. The Balaban J connectivity index is 1.43. The summed E-state index contributed by atoms with van der Waals surface area (Å²) < 4.78 is 10.9. The molecule has 0 radical (unpaired) electrons. The third kappa shape index (κ3) is 7.13. The van der Waals surface area contributed by atoms with E-state index in [0.29, 0.717) is 6.04 Å². The van der Waals surface area contributed by atoms with Crippen molar-refractivity contribution in [2.24, 2.45) is 4.99 Å². The number of nitrogens with one attached hydrogen (secondary N) is 2. The maximum atomic E-state index is 5.43. The molecule has 3 rings (SSSR count). The number of piperidine rings is 1. The molecule has 1 saturated heterocycles. The minimum absolute atomic E-state index is 0.513. The van der Waals surface area contributed by atoms with Gasteiger partial charge in [-0.05, 0) is 51.2 Å². The fourth-order valence-electron chi connectivity index (χ4n) is 4.29. The molecule has 6 heteroatoms. The van der Waals surface area contributed by atoms with E-state index in [4.69, 9.17) is 14.1 Å². The molecule has 1 aliphatic heterocycles. The van der Waals surface area contributed by atoms with E-state index in [1.807, 2.05) is 19.1 Å². The summed E-state index contributed by atoms with van der Waals surface area (Å²) in [5.74, 6) is 1.94. The van der Waals surface area contributed by atoms with Gasteiger partial charge in [-0.15, -0.1) is 0 Å². The molecule has 0 spiro atoms. The number of hydrogen-bond donors (Lipinski definition) is 2. The van der Waals surface area contributed by atoms with Crippen LogP contribution in [0.2, 0.25) is 0 Å². The summed E-state index contributed by atoms with van der Waals surface area (Å²) in [5, 5.41) is 7.17. The van der Waals surface area contributed by atoms with Gasteiger partial charge < -0.3 is 24.7 Å². The normalized spacial score (nSPS) is 20.0. The van der Waals surface area contributed by atoms with Gasteiger partial charge in [-0.2, -0.15) is 0 Å². The number of guanidine groups is 1. The average molecular weight is 391 g/mol. The minimum Gasteiger partial charge on any atom is -0.469 e. The lowest BCUT2D eigenvalue weighted by molar-refractivity contribution is 0.146. The fraction of sp³-hybridized carbons (Fsp3) is 0.773. The Morgan fingerprint density at radius 1 is 1.25 bits per heavy atom. The zero-order chi connectivity index (χ0) is 19.4. The highest BCUT2D eigenvalue weighted by atomic mass is 16.5. The number of furan rings is 1. The first-order valence-corrected chi connectivity index (χ1v) is 11.2. The number of ether oxygens (including phenoxy) is 1. The summed E-state index contributed by atoms with van der Waals surface area (Å²) in [7, 11) is 0. The summed E-state index contributed by atoms with van der Waals surface area (Å²) >= 11 is 0. The monoisotopic (exact) mass is 390 g/mol. The Morgan fingerprint density at radius 2 is 2.07 bits per heavy atom. The summed E-state index contributed by atoms with van der Waals surface area (Å²) in [6, 6.07) is 5.32. The highest BCUT2D eigenvalue weighted by Crippen LogP contribution is 2.26. The van der Waals surface area contributed by atoms with Gasteiger partial charge in [0.25, 0.3) is 0 Å². The molecule has 2 heterocycles. The van der Waals surface area contributed by atoms with E-state index in [1.165, 1.54) is 51.6 Å². The van der Waals surface area contributed by atoms with Crippen LogP contribution in [-0.4, -0.2) is 62.3 Å². The van der Waals surface area contributed by atoms with Gasteiger partial charge in [-0.1, -0.05) is 12.8 Å². The van der Waals surface area contributed by atoms with Crippen molar-refractivity contribution in [3.63, 3.8) is 0 Å². The smallest absolute Gasteiger partial charge is 0.191 e. The number of likely N-dealkylation sites (tertiary alicyclic amines) is 1. The van der Waals surface area contributed by atoms with Crippen molar-refractivity contribution < 1.29 is 9.15 Å². The van der Waals surface area contributed by atoms with Gasteiger partial charge in [0.1, 0.15) is 5.76 Å². The topological polar surface area (TPSA) is 62.0 Å². The zero-order valence-corrected chi connectivity index (χ0v) is 17.5. The van der Waals surface area contributed by atoms with Gasteiger partial charge in [-0.25, -0.2) is 0 Å². The largest absolute Gasteiger partial charge is 0.469 e. The van der Waals surface area contributed by atoms with E-state index in [2.05, 4.69) is 15.5 Å². The molecule has 0 aromatic carbocycles. The maximum Gasteiger partial charge on any atom is 0.191 e. The van der Waals surface area contributed by atoms with Crippen LogP contribution in [0.5, 0.6) is 0 Å². The van der Waals surface area contributed by atoms with Crippen molar-refractivity contribution in [1.82, 2.24) is 15.5 Å². The predicted octanol–water partition coefficient (Wildman–Crippen LogP) is 3.19. The summed E-state index contributed by atoms with van der Waals surface area (Å²) in [5.41, 5.74) is 0. The predicted molar refractivity (Wildman–Crippen MR) is 114 cm³/mol. The molecule has 2 fully saturated rings. The molecule has 1 aliphatic carbocycles. The fourth-order valence-corrected chi connectivity index (χ4v) is 4.29. The van der Waals surface area contributed by atoms with Gasteiger partial charge in [0.05, 0.1) is 6.26 Å². The first kappa shape index (κ1) is 21.2. The van der Waals surface area contributed by atoms with Gasteiger partial charge in [0.15, 0.2) is 5.96 Å². The quantitative estimate of drug-likeness (QED) is 0.365. The molecule has 28 heavy (non-hydrogen) atoms. The van der Waals surface area contributed by atoms with E-state index < -0.39 is 0 Å². The van der Waals surface area contributed by atoms with Crippen LogP contribution in [0.25, 0.3) is 0 Å². The Bertz CT molecular complexity index is 547. The first-order chi connectivity index (χ1) is 13.8. The van der Waals surface area contributed by atoms with Crippen molar-refractivity contribution >= 4 is 5.96 Å². The van der Waals surface area contributed by atoms with Crippen molar-refractivity contribution in [3.8, 4) is 0 Å². The van der Waals surface area contributed by atoms with Gasteiger partial charge >= 0.3 is 0 Å². The number of hydrogen-bond acceptors (Lipinski definition) is 4. The lowest BCUT2D eigenvalue weighted by atomic mass is 10.0. The van der Waals surface area contributed by atoms with Crippen LogP contribution in [0, 0.1) is 0 Å². The molecule has 1 aromatic heterocycles. The van der Waals surface area contributed by atoms with Crippen molar-refractivity contribution in [2.45, 2.75) is 70.4 Å². The molecule has 0 bridgehead atoms. The van der Waals surface area contributed by atoms with Crippen LogP contribution >= 0.6 is 0 Å². The third-order valence-corrected chi connectivity index (χ3v) is 5.88. The Kier molecular flexibility index (Phi) is 9.17. The molecule has 6 nitrogen and oxygen atoms in total. The molecule has 158 valence electrons. The Hall–Kier alpha value is -1.53. The molecular formula is C22H38N4O2. The second kappa shape index (κ2) is 12.1. The standard InChI is InChI=1S/C22H38N4O2/c1-2-27-17-6-13-23-22(24-14-10-21-9-5-18-28-21)25-19-11-15-26(16-12-19)20-7-3-4-8-20/h5,9,18-20H,2-4,6-8,10-17H2,1H3,(H2,23,24,25). The highest BCUT2D eigenvalue weighted by molar-refractivity contribution is 5.80. The van der Waals surface area contributed by atoms with Crippen LogP contribution in [0.1, 0.15) is 57.6 Å². The highest BCUT2D eigenvalue weighted by Gasteiger charge is 2.27. The van der Waals surface area contributed by atoms with E-state index in [1.54, 1.807) is 6.26 Å². The molecule has 0 unspecified atom stereocenters. The van der Waals surface area contributed by atoms with E-state index in [0.717, 1.165) is 56.9 Å². The van der Waals surface area contributed by atoms with Crippen LogP contribution < -0.4 is 10.6 Å². The molecule has 2 N–H and O–H groups in total. The molecule has 0 amide bonds. The van der Waals surface area contributed by atoms with Crippen LogP contribution in [0.4, 0.5) is 0 Å². The van der Waals surface area contributed by atoms with E-state index in [9.17, 15) is 0 Å². The molecule has 2 aliphatic rings. The van der Waals surface area contributed by atoms with Gasteiger partial charge in [0, 0.05) is 57.9 Å². The maximum absolute atomic E-state index is 5.43. The number of aliphatic imine (C=N–C) groups is 1. The van der Waals surface area contributed by atoms with Crippen LogP contribution in [0.3, 0.4) is 0 Å². The van der Waals surface area contributed by atoms with E-state index in [-0.39, 0.29) is 0 Å². The van der Waals surface area contributed by atoms with Crippen LogP contribution in [0.15, 0.2) is 27.8 Å². The lowest BCUT2D eigenvalue weighted by Crippen LogP contribution is -2.50. The number of rotatable bonds is 10. The Labute approximate surface area is 170 Å². The zero-order valence-electron chi connectivity index (χ0n) is 17.5. The third-order valence-electron chi connectivity index (χ3n) is 5.88. The summed E-state index contributed by atoms with van der Waals surface area (Å²) in [4.78, 5) is 7.49. The minimum atomic E-state index is 0.513. The van der Waals surface area contributed by atoms with Gasteiger partial charge in [-0.3, -0.25) is 4.99 Å². The molecule has 1 aromatic rings. The molecule has 0 atom stereocenters. The number of nitrogens with zero attached hydrogens (tertiary/aromatic N) is 2. The van der Waals surface area contributed by atoms with Gasteiger partial charge in [0.2, 0.25) is 0 Å². The second-order valence-electron chi connectivity index (χ2n) is 7.93.